The predicted octanol–water partition coefficient (Wildman–Crippen LogP) is 6.18. The fraction of sp³-hybridized carbons (Fsp3) is 0.423. The Hall–Kier alpha value is -2.17. The van der Waals surface area contributed by atoms with Crippen molar-refractivity contribution in [2.75, 3.05) is 13.2 Å². The molecule has 0 atom stereocenters. The number of unbranched alkanes of at least 4 members (excludes halogenated alkanes) is 3. The van der Waals surface area contributed by atoms with E-state index in [2.05, 4.69) is 75.7 Å². The minimum Gasteiger partial charge on any atom is -0.493 e. The number of halogens is 2. The molecule has 0 heterocycles. The maximum atomic E-state index is 12.8. The molecule has 7 nitrogen and oxygen atoms in total. The topological polar surface area (TPSA) is 88.7 Å². The molecular weight excluding hydrogens is 610 g/mol. The van der Waals surface area contributed by atoms with Crippen molar-refractivity contribution < 1.29 is 19.1 Å². The molecule has 2 aromatic carbocycles. The maximum absolute atomic E-state index is 12.8. The Balaban J connectivity index is 1.84. The Morgan fingerprint density at radius 3 is 2.33 bits per heavy atom. The number of hydrazine groups is 1. The number of thiocarbonyl (C=S) groups is 1. The summed E-state index contributed by atoms with van der Waals surface area (Å²) in [7, 11) is 0. The van der Waals surface area contributed by atoms with E-state index in [9.17, 15) is 9.59 Å². The van der Waals surface area contributed by atoms with Gasteiger partial charge in [0.15, 0.2) is 11.7 Å². The van der Waals surface area contributed by atoms with Crippen molar-refractivity contribution in [3.8, 4) is 11.5 Å². The van der Waals surface area contributed by atoms with Crippen LogP contribution in [0.15, 0.2) is 45.3 Å². The van der Waals surface area contributed by atoms with Gasteiger partial charge in [-0.3, -0.25) is 25.8 Å². The molecule has 36 heavy (non-hydrogen) atoms. The molecule has 0 aromatic heterocycles. The molecule has 10 heteroatoms. The van der Waals surface area contributed by atoms with Crippen molar-refractivity contribution in [3.63, 3.8) is 0 Å². The predicted molar refractivity (Wildman–Crippen MR) is 153 cm³/mol. The van der Waals surface area contributed by atoms with Gasteiger partial charge in [-0.2, -0.15) is 0 Å². The molecule has 0 saturated carbocycles. The van der Waals surface area contributed by atoms with E-state index in [-0.39, 0.29) is 17.1 Å². The van der Waals surface area contributed by atoms with Gasteiger partial charge in [-0.1, -0.05) is 69.0 Å². The molecule has 196 valence electrons. The molecule has 0 spiro atoms. The van der Waals surface area contributed by atoms with Crippen molar-refractivity contribution >= 4 is 61.0 Å². The third kappa shape index (κ3) is 10.1. The Kier molecular flexibility index (Phi) is 12.1. The normalized spacial score (nSPS) is 10.9. The van der Waals surface area contributed by atoms with Gasteiger partial charge in [0, 0.05) is 4.47 Å². The van der Waals surface area contributed by atoms with Gasteiger partial charge in [-0.25, -0.2) is 0 Å². The molecule has 3 N–H and O–H groups in total. The molecule has 2 rings (SSSR count). The summed E-state index contributed by atoms with van der Waals surface area (Å²) < 4.78 is 12.9. The zero-order valence-electron chi connectivity index (χ0n) is 21.0. The van der Waals surface area contributed by atoms with Crippen molar-refractivity contribution in [3.05, 3.63) is 56.5 Å². The second kappa shape index (κ2) is 14.5. The van der Waals surface area contributed by atoms with E-state index < -0.39 is 11.8 Å². The number of nitrogens with one attached hydrogen (secondary N) is 3. The van der Waals surface area contributed by atoms with Crippen LogP contribution in [-0.4, -0.2) is 30.1 Å². The van der Waals surface area contributed by atoms with Gasteiger partial charge in [0.2, 0.25) is 0 Å². The van der Waals surface area contributed by atoms with Gasteiger partial charge >= 0.3 is 0 Å². The van der Waals surface area contributed by atoms with Crippen LogP contribution in [0.2, 0.25) is 0 Å². The SMILES string of the molecule is CCCCCCOc1ccc(Br)cc1C(=O)NC(=S)NNC(=O)COc1ccc(C(C)(C)C)cc1Br. The van der Waals surface area contributed by atoms with Crippen LogP contribution >= 0.6 is 44.1 Å². The molecular formula is C26H33Br2N3O4S. The molecule has 0 aliphatic heterocycles. The molecule has 0 unspecified atom stereocenters. The first-order valence-corrected chi connectivity index (χ1v) is 13.8. The number of benzene rings is 2. The van der Waals surface area contributed by atoms with Crippen LogP contribution in [0.25, 0.3) is 0 Å². The third-order valence-electron chi connectivity index (χ3n) is 5.14. The highest BCUT2D eigenvalue weighted by Gasteiger charge is 2.17. The Labute approximate surface area is 235 Å². The van der Waals surface area contributed by atoms with Crippen LogP contribution in [0, 0.1) is 0 Å². The second-order valence-corrected chi connectivity index (χ2v) is 11.4. The number of amides is 2. The van der Waals surface area contributed by atoms with Crippen molar-refractivity contribution in [1.29, 1.82) is 0 Å². The largest absolute Gasteiger partial charge is 0.493 e. The minimum absolute atomic E-state index is 0.000171. The second-order valence-electron chi connectivity index (χ2n) is 9.19. The molecule has 0 aliphatic carbocycles. The number of ether oxygens (including phenoxy) is 2. The summed E-state index contributed by atoms with van der Waals surface area (Å²) >= 11 is 12.0. The lowest BCUT2D eigenvalue weighted by Crippen LogP contribution is -2.49. The number of hydrogen-bond donors (Lipinski definition) is 3. The average Bonchev–Trinajstić information content (AvgIpc) is 2.81. The van der Waals surface area contributed by atoms with Gasteiger partial charge in [0.25, 0.3) is 11.8 Å². The fourth-order valence-corrected chi connectivity index (χ4v) is 4.11. The first-order valence-electron chi connectivity index (χ1n) is 11.8. The number of carbonyl (C=O) groups is 2. The van der Waals surface area contributed by atoms with Gasteiger partial charge in [0.1, 0.15) is 11.5 Å². The molecule has 0 aliphatic rings. The third-order valence-corrected chi connectivity index (χ3v) is 6.46. The van der Waals surface area contributed by atoms with Crippen LogP contribution in [0.5, 0.6) is 11.5 Å². The highest BCUT2D eigenvalue weighted by Crippen LogP contribution is 2.31. The van der Waals surface area contributed by atoms with Gasteiger partial charge in [-0.05, 0) is 75.9 Å². The van der Waals surface area contributed by atoms with Crippen LogP contribution in [-0.2, 0) is 10.2 Å². The standard InChI is InChI=1S/C26H33Br2N3O4S/c1-5-6-7-8-13-34-21-12-10-18(27)15-19(21)24(33)29-25(36)31-30-23(32)16-35-22-11-9-17(14-20(22)28)26(2,3)4/h9-12,14-15H,5-8,13,16H2,1-4H3,(H,30,32)(H2,29,31,33,36). The number of carbonyl (C=O) groups excluding carboxylic acids is 2. The monoisotopic (exact) mass is 641 g/mol. The lowest BCUT2D eigenvalue weighted by atomic mass is 9.87. The number of rotatable bonds is 10. The zero-order chi connectivity index (χ0) is 26.7. The quantitative estimate of drug-likeness (QED) is 0.163. The van der Waals surface area contributed by atoms with E-state index >= 15 is 0 Å². The summed E-state index contributed by atoms with van der Waals surface area (Å²) in [4.78, 5) is 25.0. The zero-order valence-corrected chi connectivity index (χ0v) is 25.0. The van der Waals surface area contributed by atoms with Crippen molar-refractivity contribution in [1.82, 2.24) is 16.2 Å². The van der Waals surface area contributed by atoms with Crippen molar-refractivity contribution in [2.24, 2.45) is 0 Å². The average molecular weight is 643 g/mol. The molecule has 2 amide bonds. The van der Waals surface area contributed by atoms with E-state index in [1.165, 1.54) is 0 Å². The summed E-state index contributed by atoms with van der Waals surface area (Å²) in [5.74, 6) is 0.101. The molecule has 0 saturated heterocycles. The van der Waals surface area contributed by atoms with Gasteiger partial charge in [0.05, 0.1) is 16.6 Å². The van der Waals surface area contributed by atoms with Crippen LogP contribution in [0.1, 0.15) is 69.3 Å². The molecule has 0 bridgehead atoms. The summed E-state index contributed by atoms with van der Waals surface area (Å²) in [6.07, 6.45) is 4.27. The first-order chi connectivity index (χ1) is 17.0. The highest BCUT2D eigenvalue weighted by atomic mass is 79.9. The maximum Gasteiger partial charge on any atom is 0.276 e. The lowest BCUT2D eigenvalue weighted by Gasteiger charge is -2.20. The lowest BCUT2D eigenvalue weighted by molar-refractivity contribution is -0.123. The number of hydrogen-bond acceptors (Lipinski definition) is 5. The van der Waals surface area contributed by atoms with E-state index in [0.717, 1.165) is 40.2 Å². The summed E-state index contributed by atoms with van der Waals surface area (Å²) in [6.45, 7) is 8.79. The van der Waals surface area contributed by atoms with E-state index in [4.69, 9.17) is 21.7 Å². The summed E-state index contributed by atoms with van der Waals surface area (Å²) in [6, 6.07) is 11.0. The Morgan fingerprint density at radius 2 is 1.67 bits per heavy atom. The molecule has 0 fully saturated rings. The van der Waals surface area contributed by atoms with Crippen LogP contribution in [0.4, 0.5) is 0 Å². The van der Waals surface area contributed by atoms with Gasteiger partial charge < -0.3 is 9.47 Å². The first kappa shape index (κ1) is 30.1. The Bertz CT molecular complexity index is 1070. The van der Waals surface area contributed by atoms with E-state index in [0.29, 0.717) is 23.7 Å². The van der Waals surface area contributed by atoms with E-state index in [1.54, 1.807) is 12.1 Å². The van der Waals surface area contributed by atoms with Crippen LogP contribution in [0.3, 0.4) is 0 Å². The summed E-state index contributed by atoms with van der Waals surface area (Å²) in [5, 5.41) is 2.49. The van der Waals surface area contributed by atoms with Crippen LogP contribution < -0.4 is 25.6 Å². The highest BCUT2D eigenvalue weighted by molar-refractivity contribution is 9.10. The molecule has 2 aromatic rings. The van der Waals surface area contributed by atoms with Crippen molar-refractivity contribution in [2.45, 2.75) is 58.8 Å². The molecule has 0 radical (unpaired) electrons. The smallest absolute Gasteiger partial charge is 0.276 e. The minimum atomic E-state index is -0.461. The Morgan fingerprint density at radius 1 is 0.944 bits per heavy atom. The fourth-order valence-electron chi connectivity index (χ4n) is 3.11. The van der Waals surface area contributed by atoms with E-state index in [1.807, 2.05) is 24.3 Å². The summed E-state index contributed by atoms with van der Waals surface area (Å²) in [5.41, 5.74) is 6.42. The van der Waals surface area contributed by atoms with Gasteiger partial charge in [-0.15, -0.1) is 0 Å².